The first-order chi connectivity index (χ1) is 52.2. The Kier molecular flexibility index (Phi) is 80.6. The number of unbranched alkanes of at least 4 members (excludes halogenated alkanes) is 63. The molecule has 0 spiro atoms. The molecular formula is C88H172O17P2. The van der Waals surface area contributed by atoms with E-state index in [9.17, 15) is 43.2 Å². The molecule has 3 N–H and O–H groups in total. The number of carbonyl (C=O) groups excluding carboxylic acids is 4. The highest BCUT2D eigenvalue weighted by Crippen LogP contribution is 2.45. The molecule has 107 heavy (non-hydrogen) atoms. The van der Waals surface area contributed by atoms with Crippen molar-refractivity contribution in [1.82, 2.24) is 0 Å². The van der Waals surface area contributed by atoms with Crippen LogP contribution in [0.2, 0.25) is 0 Å². The van der Waals surface area contributed by atoms with E-state index in [0.29, 0.717) is 25.7 Å². The minimum atomic E-state index is -4.97. The van der Waals surface area contributed by atoms with Crippen LogP contribution >= 0.6 is 15.6 Å². The van der Waals surface area contributed by atoms with Crippen molar-refractivity contribution in [2.24, 2.45) is 0 Å². The number of carbonyl (C=O) groups is 4. The maximum atomic E-state index is 13.2. The first-order valence-corrected chi connectivity index (χ1v) is 48.8. The van der Waals surface area contributed by atoms with Crippen LogP contribution in [0.15, 0.2) is 0 Å². The van der Waals surface area contributed by atoms with Crippen molar-refractivity contribution in [3.05, 3.63) is 0 Å². The van der Waals surface area contributed by atoms with Crippen molar-refractivity contribution in [3.8, 4) is 0 Å². The number of phosphoric acid groups is 2. The second-order valence-electron chi connectivity index (χ2n) is 31.6. The van der Waals surface area contributed by atoms with Gasteiger partial charge in [-0.1, -0.05) is 432 Å². The van der Waals surface area contributed by atoms with Gasteiger partial charge in [0, 0.05) is 25.7 Å². The Morgan fingerprint density at radius 2 is 0.374 bits per heavy atom. The molecular weight excluding hydrogens is 1390 g/mol. The molecule has 0 aliphatic rings. The molecule has 0 aromatic rings. The van der Waals surface area contributed by atoms with Crippen LogP contribution in [-0.2, 0) is 65.4 Å². The molecule has 0 aliphatic carbocycles. The molecule has 0 radical (unpaired) electrons. The molecule has 636 valence electrons. The summed E-state index contributed by atoms with van der Waals surface area (Å²) in [4.78, 5) is 73.3. The van der Waals surface area contributed by atoms with Crippen LogP contribution in [0.1, 0.15) is 484 Å². The van der Waals surface area contributed by atoms with Crippen molar-refractivity contribution in [2.45, 2.75) is 502 Å². The molecule has 2 unspecified atom stereocenters. The minimum absolute atomic E-state index is 0.109. The van der Waals surface area contributed by atoms with Gasteiger partial charge in [0.25, 0.3) is 0 Å². The fraction of sp³-hybridized carbons (Fsp3) is 0.955. The monoisotopic (exact) mass is 1560 g/mol. The van der Waals surface area contributed by atoms with Gasteiger partial charge >= 0.3 is 39.5 Å². The third-order valence-corrected chi connectivity index (χ3v) is 22.8. The predicted octanol–water partition coefficient (Wildman–Crippen LogP) is 27.3. The van der Waals surface area contributed by atoms with E-state index >= 15 is 0 Å². The molecule has 0 amide bonds. The Balaban J connectivity index is 5.23. The number of rotatable bonds is 89. The number of aliphatic hydroxyl groups is 1. The topological polar surface area (TPSA) is 237 Å². The summed E-state index contributed by atoms with van der Waals surface area (Å²) in [5.41, 5.74) is 0. The second-order valence-corrected chi connectivity index (χ2v) is 34.5. The van der Waals surface area contributed by atoms with E-state index in [2.05, 4.69) is 27.7 Å². The van der Waals surface area contributed by atoms with Crippen LogP contribution in [-0.4, -0.2) is 96.7 Å². The maximum Gasteiger partial charge on any atom is 0.472 e. The second kappa shape index (κ2) is 82.1. The van der Waals surface area contributed by atoms with Crippen LogP contribution in [0.5, 0.6) is 0 Å². The van der Waals surface area contributed by atoms with Gasteiger partial charge in [-0.05, 0) is 25.7 Å². The minimum Gasteiger partial charge on any atom is -0.462 e. The molecule has 0 rings (SSSR count). The van der Waals surface area contributed by atoms with Gasteiger partial charge in [0.15, 0.2) is 12.2 Å². The average Bonchev–Trinajstić information content (AvgIpc) is 0.901. The van der Waals surface area contributed by atoms with Crippen LogP contribution < -0.4 is 0 Å². The molecule has 17 nitrogen and oxygen atoms in total. The van der Waals surface area contributed by atoms with E-state index in [1.54, 1.807) is 0 Å². The number of esters is 4. The highest BCUT2D eigenvalue weighted by atomic mass is 31.2. The summed E-state index contributed by atoms with van der Waals surface area (Å²) in [5.74, 6) is -2.09. The molecule has 0 aromatic heterocycles. The van der Waals surface area contributed by atoms with Gasteiger partial charge in [-0.2, -0.15) is 0 Å². The highest BCUT2D eigenvalue weighted by Gasteiger charge is 2.30. The summed E-state index contributed by atoms with van der Waals surface area (Å²) >= 11 is 0. The lowest BCUT2D eigenvalue weighted by molar-refractivity contribution is -0.161. The predicted molar refractivity (Wildman–Crippen MR) is 442 cm³/mol. The first kappa shape index (κ1) is 105. The Labute approximate surface area is 658 Å². The molecule has 0 saturated carbocycles. The third-order valence-electron chi connectivity index (χ3n) is 20.9. The molecule has 0 bridgehead atoms. The number of hydrogen-bond acceptors (Lipinski definition) is 15. The largest absolute Gasteiger partial charge is 0.472 e. The molecule has 0 aromatic carbocycles. The Bertz CT molecular complexity index is 2020. The standard InChI is InChI=1S/C88H172O17P2/c1-5-9-13-17-21-25-29-33-36-38-40-41-42-43-45-48-51-55-59-63-67-71-75-88(93)105-84(79-99-86(91)73-69-65-61-57-53-49-47-44-39-37-34-30-26-22-18-14-10-6-2)81-103-107(96,97)101-77-82(89)76-100-106(94,95)102-80-83(78-98-85(90)72-68-64-60-56-52-32-28-24-20-16-12-8-4)104-87(92)74-70-66-62-58-54-50-46-35-31-27-23-19-15-11-7-3/h82-84,89H,5-81H2,1-4H3,(H,94,95)(H,96,97)/t82-,83+,84+/m0/s1. The Morgan fingerprint density at radius 1 is 0.224 bits per heavy atom. The highest BCUT2D eigenvalue weighted by molar-refractivity contribution is 7.47. The summed E-state index contributed by atoms with van der Waals surface area (Å²) in [6, 6.07) is 0. The quantitative estimate of drug-likeness (QED) is 0.0222. The van der Waals surface area contributed by atoms with Crippen molar-refractivity contribution in [1.29, 1.82) is 0 Å². The van der Waals surface area contributed by atoms with Gasteiger partial charge in [0.2, 0.25) is 0 Å². The SMILES string of the molecule is CCCCCCCCCCCCCCCCCCCCCCCCC(=O)O[C@H](COC(=O)CCCCCCCCCCCCCCCCCCCC)COP(=O)(O)OC[C@@H](O)COP(=O)(O)OC[C@@H](COC(=O)CCCCCCCCCCCCCC)OC(=O)CCCCCCCCCCCCCCCCC. The lowest BCUT2D eigenvalue weighted by atomic mass is 10.0. The molecule has 0 aliphatic heterocycles. The summed E-state index contributed by atoms with van der Waals surface area (Å²) < 4.78 is 69.0. The van der Waals surface area contributed by atoms with E-state index in [1.165, 1.54) is 315 Å². The van der Waals surface area contributed by atoms with Gasteiger partial charge in [0.1, 0.15) is 19.3 Å². The average molecular weight is 1560 g/mol. The van der Waals surface area contributed by atoms with Gasteiger partial charge in [0.05, 0.1) is 26.4 Å². The fourth-order valence-electron chi connectivity index (χ4n) is 13.9. The van der Waals surface area contributed by atoms with Gasteiger partial charge in [-0.25, -0.2) is 9.13 Å². The van der Waals surface area contributed by atoms with Crippen LogP contribution in [0, 0.1) is 0 Å². The van der Waals surface area contributed by atoms with Gasteiger partial charge in [-0.3, -0.25) is 37.3 Å². The van der Waals surface area contributed by atoms with Gasteiger partial charge in [-0.15, -0.1) is 0 Å². The Hall–Kier alpha value is -1.94. The zero-order valence-electron chi connectivity index (χ0n) is 70.1. The molecule has 0 saturated heterocycles. The van der Waals surface area contributed by atoms with Crippen molar-refractivity contribution in [3.63, 3.8) is 0 Å². The van der Waals surface area contributed by atoms with Crippen LogP contribution in [0.4, 0.5) is 0 Å². The number of ether oxygens (including phenoxy) is 4. The summed E-state index contributed by atoms with van der Waals surface area (Å²) in [6.07, 6.45) is 77.8. The lowest BCUT2D eigenvalue weighted by Gasteiger charge is -2.21. The van der Waals surface area contributed by atoms with E-state index in [0.717, 1.165) is 89.9 Å². The van der Waals surface area contributed by atoms with E-state index in [-0.39, 0.29) is 25.7 Å². The summed E-state index contributed by atoms with van der Waals surface area (Å²) in [7, 11) is -9.93. The van der Waals surface area contributed by atoms with Crippen molar-refractivity contribution in [2.75, 3.05) is 39.6 Å². The van der Waals surface area contributed by atoms with Crippen molar-refractivity contribution >= 4 is 39.5 Å². The zero-order chi connectivity index (χ0) is 78.1. The van der Waals surface area contributed by atoms with E-state index < -0.39 is 97.5 Å². The third kappa shape index (κ3) is 81.9. The number of phosphoric ester groups is 2. The van der Waals surface area contributed by atoms with Crippen molar-refractivity contribution < 1.29 is 80.2 Å². The van der Waals surface area contributed by atoms with Gasteiger partial charge < -0.3 is 33.8 Å². The fourth-order valence-corrected chi connectivity index (χ4v) is 15.5. The molecule has 0 fully saturated rings. The number of hydrogen-bond donors (Lipinski definition) is 3. The normalized spacial score (nSPS) is 13.7. The molecule has 19 heteroatoms. The summed E-state index contributed by atoms with van der Waals surface area (Å²) in [6.45, 7) is 5.07. The zero-order valence-corrected chi connectivity index (χ0v) is 71.9. The molecule has 5 atom stereocenters. The summed E-state index contributed by atoms with van der Waals surface area (Å²) in [5, 5.41) is 10.7. The number of aliphatic hydroxyl groups excluding tert-OH is 1. The van der Waals surface area contributed by atoms with E-state index in [1.807, 2.05) is 0 Å². The smallest absolute Gasteiger partial charge is 0.462 e. The van der Waals surface area contributed by atoms with Crippen LogP contribution in [0.25, 0.3) is 0 Å². The Morgan fingerprint density at radius 3 is 0.551 bits per heavy atom. The molecule has 0 heterocycles. The maximum absolute atomic E-state index is 13.2. The lowest BCUT2D eigenvalue weighted by Crippen LogP contribution is -2.30. The first-order valence-electron chi connectivity index (χ1n) is 45.8. The van der Waals surface area contributed by atoms with E-state index in [4.69, 9.17) is 37.0 Å². The van der Waals surface area contributed by atoms with Crippen LogP contribution in [0.3, 0.4) is 0 Å².